The summed E-state index contributed by atoms with van der Waals surface area (Å²) >= 11 is 3.15. The molecule has 4 heteroatoms. The third kappa shape index (κ3) is 3.53. The summed E-state index contributed by atoms with van der Waals surface area (Å²) in [6.45, 7) is 4.73. The zero-order valence-electron chi connectivity index (χ0n) is 9.47. The minimum absolute atomic E-state index is 0.277. The molecule has 1 aliphatic heterocycles. The first kappa shape index (κ1) is 12.6. The van der Waals surface area contributed by atoms with Crippen molar-refractivity contribution >= 4 is 15.9 Å². The number of halogens is 2. The molecule has 1 N–H and O–H groups in total. The second-order valence-corrected chi connectivity index (χ2v) is 4.78. The van der Waals surface area contributed by atoms with E-state index in [0.29, 0.717) is 16.6 Å². The zero-order valence-corrected chi connectivity index (χ0v) is 11.1. The molecule has 1 heterocycles. The number of nitrogens with one attached hydrogen (secondary N) is 1. The van der Waals surface area contributed by atoms with Crippen molar-refractivity contribution < 1.29 is 4.39 Å². The van der Waals surface area contributed by atoms with E-state index in [1.54, 1.807) is 18.2 Å². The molecule has 90 valence electrons. The van der Waals surface area contributed by atoms with Crippen LogP contribution in [0.2, 0.25) is 0 Å². The highest BCUT2D eigenvalue weighted by molar-refractivity contribution is 9.10. The Kier molecular flexibility index (Phi) is 4.55. The maximum atomic E-state index is 13.6. The average molecular weight is 297 g/mol. The van der Waals surface area contributed by atoms with Crippen LogP contribution in [0.5, 0.6) is 0 Å². The van der Waals surface area contributed by atoms with Gasteiger partial charge in [-0.1, -0.05) is 17.9 Å². The Morgan fingerprint density at radius 1 is 1.35 bits per heavy atom. The molecule has 1 aromatic rings. The topological polar surface area (TPSA) is 15.3 Å². The quantitative estimate of drug-likeness (QED) is 0.796. The third-order valence-corrected chi connectivity index (χ3v) is 3.30. The molecule has 2 nitrogen and oxygen atoms in total. The summed E-state index contributed by atoms with van der Waals surface area (Å²) in [5.74, 6) is 5.63. The fraction of sp³-hybridized carbons (Fsp3) is 0.385. The third-order valence-electron chi connectivity index (χ3n) is 2.69. The fourth-order valence-corrected chi connectivity index (χ4v) is 2.08. The van der Waals surface area contributed by atoms with Gasteiger partial charge < -0.3 is 5.32 Å². The highest BCUT2D eigenvalue weighted by Gasteiger charge is 2.07. The van der Waals surface area contributed by atoms with E-state index >= 15 is 0 Å². The van der Waals surface area contributed by atoms with E-state index in [2.05, 4.69) is 38.0 Å². The molecule has 0 aliphatic carbocycles. The molecule has 0 spiro atoms. The van der Waals surface area contributed by atoms with Crippen LogP contribution in [-0.2, 0) is 0 Å². The van der Waals surface area contributed by atoms with Gasteiger partial charge in [-0.25, -0.2) is 4.39 Å². The summed E-state index contributed by atoms with van der Waals surface area (Å²) in [4.78, 5) is 2.26. The molecular formula is C13H14BrFN2. The Morgan fingerprint density at radius 3 is 2.88 bits per heavy atom. The van der Waals surface area contributed by atoms with Crippen LogP contribution in [-0.4, -0.2) is 37.6 Å². The molecule has 1 fully saturated rings. The largest absolute Gasteiger partial charge is 0.314 e. The van der Waals surface area contributed by atoms with Crippen molar-refractivity contribution in [3.05, 3.63) is 34.1 Å². The molecule has 0 radical (unpaired) electrons. The summed E-state index contributed by atoms with van der Waals surface area (Å²) in [6, 6.07) is 5.17. The van der Waals surface area contributed by atoms with Gasteiger partial charge in [-0.3, -0.25) is 4.90 Å². The molecular weight excluding hydrogens is 283 g/mol. The Balaban J connectivity index is 1.98. The summed E-state index contributed by atoms with van der Waals surface area (Å²) in [5, 5.41) is 3.28. The number of rotatable bonds is 1. The van der Waals surface area contributed by atoms with Crippen LogP contribution >= 0.6 is 15.9 Å². The Hall–Kier alpha value is -0.890. The van der Waals surface area contributed by atoms with Crippen molar-refractivity contribution in [3.8, 4) is 11.8 Å². The first-order chi connectivity index (χ1) is 8.27. The number of piperazine rings is 1. The summed E-state index contributed by atoms with van der Waals surface area (Å²) in [6.07, 6.45) is 0. The van der Waals surface area contributed by atoms with Gasteiger partial charge in [-0.2, -0.15) is 0 Å². The van der Waals surface area contributed by atoms with Gasteiger partial charge in [0, 0.05) is 26.2 Å². The van der Waals surface area contributed by atoms with Gasteiger partial charge >= 0.3 is 0 Å². The fourth-order valence-electron chi connectivity index (χ4n) is 1.72. The lowest BCUT2D eigenvalue weighted by Gasteiger charge is -2.24. The maximum absolute atomic E-state index is 13.6. The molecule has 17 heavy (non-hydrogen) atoms. The highest BCUT2D eigenvalue weighted by atomic mass is 79.9. The molecule has 0 unspecified atom stereocenters. The van der Waals surface area contributed by atoms with Crippen molar-refractivity contribution in [3.63, 3.8) is 0 Å². The maximum Gasteiger partial charge on any atom is 0.152 e. The van der Waals surface area contributed by atoms with Gasteiger partial charge in [-0.05, 0) is 28.1 Å². The monoisotopic (exact) mass is 296 g/mol. The second kappa shape index (κ2) is 6.15. The van der Waals surface area contributed by atoms with Gasteiger partial charge in [-0.15, -0.1) is 0 Å². The smallest absolute Gasteiger partial charge is 0.152 e. The molecule has 0 amide bonds. The molecule has 1 aliphatic rings. The second-order valence-electron chi connectivity index (χ2n) is 3.93. The van der Waals surface area contributed by atoms with E-state index in [4.69, 9.17) is 0 Å². The van der Waals surface area contributed by atoms with Crippen LogP contribution in [0.25, 0.3) is 0 Å². The van der Waals surface area contributed by atoms with Crippen LogP contribution in [0.15, 0.2) is 22.7 Å². The van der Waals surface area contributed by atoms with Crippen molar-refractivity contribution in [1.82, 2.24) is 10.2 Å². The standard InChI is InChI=1S/C13H14BrFN2/c14-12-5-1-3-11(13(12)15)4-2-8-17-9-6-16-7-10-17/h1,3,5,16H,6-10H2. The molecule has 0 aromatic heterocycles. The van der Waals surface area contributed by atoms with Crippen LogP contribution in [0.4, 0.5) is 4.39 Å². The Bertz CT molecular complexity index is 444. The van der Waals surface area contributed by atoms with E-state index in [-0.39, 0.29) is 5.82 Å². The Morgan fingerprint density at radius 2 is 2.12 bits per heavy atom. The van der Waals surface area contributed by atoms with Gasteiger partial charge in [0.15, 0.2) is 5.82 Å². The molecule has 1 aromatic carbocycles. The summed E-state index contributed by atoms with van der Waals surface area (Å²) < 4.78 is 14.1. The minimum atomic E-state index is -0.277. The van der Waals surface area contributed by atoms with Crippen molar-refractivity contribution in [2.24, 2.45) is 0 Å². The normalized spacial score (nSPS) is 16.4. The molecule has 1 saturated heterocycles. The van der Waals surface area contributed by atoms with Crippen LogP contribution < -0.4 is 5.32 Å². The van der Waals surface area contributed by atoms with Crippen LogP contribution in [0.3, 0.4) is 0 Å². The summed E-state index contributed by atoms with van der Waals surface area (Å²) in [5.41, 5.74) is 0.453. The van der Waals surface area contributed by atoms with Gasteiger partial charge in [0.2, 0.25) is 0 Å². The predicted octanol–water partition coefficient (Wildman–Crippen LogP) is 1.84. The van der Waals surface area contributed by atoms with Crippen molar-refractivity contribution in [2.45, 2.75) is 0 Å². The number of hydrogen-bond donors (Lipinski definition) is 1. The zero-order chi connectivity index (χ0) is 12.1. The minimum Gasteiger partial charge on any atom is -0.314 e. The van der Waals surface area contributed by atoms with E-state index < -0.39 is 0 Å². The lowest BCUT2D eigenvalue weighted by molar-refractivity contribution is 0.268. The van der Waals surface area contributed by atoms with E-state index in [0.717, 1.165) is 26.2 Å². The van der Waals surface area contributed by atoms with Gasteiger partial charge in [0.1, 0.15) is 0 Å². The first-order valence-electron chi connectivity index (χ1n) is 5.63. The van der Waals surface area contributed by atoms with Crippen molar-refractivity contribution in [1.29, 1.82) is 0 Å². The number of nitrogens with zero attached hydrogens (tertiary/aromatic N) is 1. The SMILES string of the molecule is Fc1c(Br)cccc1C#CCN1CCNCC1. The molecule has 0 bridgehead atoms. The first-order valence-corrected chi connectivity index (χ1v) is 6.42. The van der Waals surface area contributed by atoms with Crippen LogP contribution in [0, 0.1) is 17.7 Å². The average Bonchev–Trinajstić information content (AvgIpc) is 2.36. The van der Waals surface area contributed by atoms with E-state index in [1.165, 1.54) is 0 Å². The molecule has 0 saturated carbocycles. The summed E-state index contributed by atoms with van der Waals surface area (Å²) in [7, 11) is 0. The highest BCUT2D eigenvalue weighted by Crippen LogP contribution is 2.17. The predicted molar refractivity (Wildman–Crippen MR) is 70.3 cm³/mol. The van der Waals surface area contributed by atoms with E-state index in [1.807, 2.05) is 0 Å². The van der Waals surface area contributed by atoms with Crippen LogP contribution in [0.1, 0.15) is 5.56 Å². The van der Waals surface area contributed by atoms with Crippen molar-refractivity contribution in [2.75, 3.05) is 32.7 Å². The lowest BCUT2D eigenvalue weighted by atomic mass is 10.2. The number of hydrogen-bond acceptors (Lipinski definition) is 2. The Labute approximate surface area is 109 Å². The molecule has 0 atom stereocenters. The van der Waals surface area contributed by atoms with Gasteiger partial charge in [0.05, 0.1) is 16.6 Å². The molecule has 2 rings (SSSR count). The lowest BCUT2D eigenvalue weighted by Crippen LogP contribution is -2.43. The number of benzene rings is 1. The van der Waals surface area contributed by atoms with E-state index in [9.17, 15) is 4.39 Å². The van der Waals surface area contributed by atoms with Gasteiger partial charge in [0.25, 0.3) is 0 Å².